The predicted octanol–water partition coefficient (Wildman–Crippen LogP) is 3.04. The van der Waals surface area contributed by atoms with Gasteiger partial charge in [-0.1, -0.05) is 23.8 Å². The van der Waals surface area contributed by atoms with Gasteiger partial charge in [-0.3, -0.25) is 0 Å². The minimum Gasteiger partial charge on any atom is -0.249 e. The summed E-state index contributed by atoms with van der Waals surface area (Å²) in [5.74, 6) is 0. The first-order chi connectivity index (χ1) is 5.29. The first-order valence-electron chi connectivity index (χ1n) is 3.36. The molecular formula is C8H10NS2. The molecule has 0 aliphatic rings. The van der Waals surface area contributed by atoms with E-state index in [9.17, 15) is 0 Å². The highest BCUT2D eigenvalue weighted by molar-refractivity contribution is 8.76. The summed E-state index contributed by atoms with van der Waals surface area (Å²) in [6, 6.07) is 5.91. The third-order valence-electron chi connectivity index (χ3n) is 0.936. The molecule has 0 saturated carbocycles. The van der Waals surface area contributed by atoms with Crippen molar-refractivity contribution in [2.75, 3.05) is 0 Å². The first kappa shape index (κ1) is 8.94. The van der Waals surface area contributed by atoms with E-state index < -0.39 is 0 Å². The van der Waals surface area contributed by atoms with Crippen LogP contribution in [-0.2, 0) is 0 Å². The minimum atomic E-state index is 0.405. The van der Waals surface area contributed by atoms with Crippen molar-refractivity contribution in [3.8, 4) is 0 Å². The lowest BCUT2D eigenvalue weighted by Crippen LogP contribution is -1.82. The number of nitrogens with zero attached hydrogens (tertiary/aromatic N) is 1. The van der Waals surface area contributed by atoms with Crippen molar-refractivity contribution in [3.05, 3.63) is 31.3 Å². The molecule has 0 aliphatic carbocycles. The van der Waals surface area contributed by atoms with Gasteiger partial charge in [-0.15, -0.1) is 0 Å². The van der Waals surface area contributed by atoms with E-state index in [0.717, 1.165) is 5.03 Å². The second-order valence-electron chi connectivity index (χ2n) is 2.16. The lowest BCUT2D eigenvalue weighted by Gasteiger charge is -2.01. The van der Waals surface area contributed by atoms with Gasteiger partial charge < -0.3 is 0 Å². The molecule has 1 rings (SSSR count). The van der Waals surface area contributed by atoms with Gasteiger partial charge in [-0.25, -0.2) is 4.98 Å². The monoisotopic (exact) mass is 184 g/mol. The van der Waals surface area contributed by atoms with Crippen molar-refractivity contribution in [3.63, 3.8) is 0 Å². The Morgan fingerprint density at radius 1 is 1.55 bits per heavy atom. The maximum atomic E-state index is 4.17. The Morgan fingerprint density at radius 3 is 2.91 bits per heavy atom. The molecule has 0 amide bonds. The van der Waals surface area contributed by atoms with Crippen LogP contribution in [-0.4, -0.2) is 10.2 Å². The second kappa shape index (κ2) is 4.67. The zero-order valence-corrected chi connectivity index (χ0v) is 7.99. The number of pyridine rings is 1. The highest BCUT2D eigenvalue weighted by atomic mass is 33.1. The Balaban J connectivity index is 2.39. The molecule has 0 N–H and O–H groups in total. The number of aromatic nitrogens is 1. The second-order valence-corrected chi connectivity index (χ2v) is 4.82. The summed E-state index contributed by atoms with van der Waals surface area (Å²) in [6.45, 7) is 5.94. The normalized spacial score (nSPS) is 10.5. The molecule has 0 bridgehead atoms. The molecule has 11 heavy (non-hydrogen) atoms. The van der Waals surface area contributed by atoms with Gasteiger partial charge in [0.2, 0.25) is 0 Å². The maximum absolute atomic E-state index is 4.17. The summed E-state index contributed by atoms with van der Waals surface area (Å²) >= 11 is 0. The Morgan fingerprint density at radius 2 is 2.36 bits per heavy atom. The zero-order chi connectivity index (χ0) is 8.10. The minimum absolute atomic E-state index is 0.405. The van der Waals surface area contributed by atoms with Crippen LogP contribution in [0, 0.1) is 6.92 Å². The molecule has 3 heteroatoms. The van der Waals surface area contributed by atoms with E-state index in [4.69, 9.17) is 0 Å². The highest BCUT2D eigenvalue weighted by Gasteiger charge is 1.97. The molecule has 1 radical (unpaired) electrons. The van der Waals surface area contributed by atoms with Gasteiger partial charge in [-0.2, -0.15) is 0 Å². The van der Waals surface area contributed by atoms with Crippen LogP contribution >= 0.6 is 21.6 Å². The standard InChI is InChI=1S/C8H10NS2/c1-7(2)10-11-8-5-3-4-6-9-8/h3-7H,1H2,2H3. The van der Waals surface area contributed by atoms with Crippen LogP contribution in [0.1, 0.15) is 6.92 Å². The van der Waals surface area contributed by atoms with Crippen molar-refractivity contribution >= 4 is 21.6 Å². The molecule has 1 nitrogen and oxygen atoms in total. The molecular weight excluding hydrogens is 174 g/mol. The van der Waals surface area contributed by atoms with Crippen LogP contribution in [0.2, 0.25) is 0 Å². The fraction of sp³-hybridized carbons (Fsp3) is 0.250. The molecule has 1 aromatic heterocycles. The van der Waals surface area contributed by atoms with E-state index in [0.29, 0.717) is 5.25 Å². The summed E-state index contributed by atoms with van der Waals surface area (Å²) in [5, 5.41) is 1.45. The fourth-order valence-corrected chi connectivity index (χ4v) is 2.11. The number of hydrogen-bond acceptors (Lipinski definition) is 3. The van der Waals surface area contributed by atoms with Crippen LogP contribution in [0.4, 0.5) is 0 Å². The van der Waals surface area contributed by atoms with Gasteiger partial charge in [-0.05, 0) is 29.9 Å². The zero-order valence-electron chi connectivity index (χ0n) is 6.36. The largest absolute Gasteiger partial charge is 0.249 e. The van der Waals surface area contributed by atoms with Gasteiger partial charge in [0.1, 0.15) is 5.03 Å². The fourth-order valence-electron chi connectivity index (χ4n) is 0.528. The van der Waals surface area contributed by atoms with E-state index in [2.05, 4.69) is 18.8 Å². The number of hydrogen-bond donors (Lipinski definition) is 0. The van der Waals surface area contributed by atoms with E-state index in [-0.39, 0.29) is 0 Å². The third kappa shape index (κ3) is 3.68. The summed E-state index contributed by atoms with van der Waals surface area (Å²) in [7, 11) is 3.40. The van der Waals surface area contributed by atoms with Crippen LogP contribution in [0.25, 0.3) is 0 Å². The Hall–Kier alpha value is -0.150. The topological polar surface area (TPSA) is 12.9 Å². The molecule has 1 heterocycles. The summed E-state index contributed by atoms with van der Waals surface area (Å²) in [5.41, 5.74) is 0. The van der Waals surface area contributed by atoms with Crippen LogP contribution in [0.5, 0.6) is 0 Å². The average Bonchev–Trinajstić information content (AvgIpc) is 2.03. The average molecular weight is 184 g/mol. The van der Waals surface area contributed by atoms with Gasteiger partial charge in [0, 0.05) is 11.4 Å². The SMILES string of the molecule is [CH2]C(C)SSc1ccccn1. The molecule has 1 atom stereocenters. The van der Waals surface area contributed by atoms with Crippen molar-refractivity contribution in [2.45, 2.75) is 17.2 Å². The van der Waals surface area contributed by atoms with E-state index in [1.807, 2.05) is 18.2 Å². The smallest absolute Gasteiger partial charge is 0.106 e. The number of rotatable bonds is 3. The first-order valence-corrected chi connectivity index (χ1v) is 5.58. The van der Waals surface area contributed by atoms with Crippen molar-refractivity contribution in [1.82, 2.24) is 4.98 Å². The molecule has 1 aromatic rings. The molecule has 0 spiro atoms. The molecule has 0 fully saturated rings. The quantitative estimate of drug-likeness (QED) is 0.670. The van der Waals surface area contributed by atoms with Crippen molar-refractivity contribution < 1.29 is 0 Å². The van der Waals surface area contributed by atoms with Crippen molar-refractivity contribution in [2.24, 2.45) is 0 Å². The molecule has 0 saturated heterocycles. The van der Waals surface area contributed by atoms with Gasteiger partial charge in [0.15, 0.2) is 0 Å². The molecule has 1 unspecified atom stereocenters. The molecule has 0 aromatic carbocycles. The predicted molar refractivity (Wildman–Crippen MR) is 52.5 cm³/mol. The Kier molecular flexibility index (Phi) is 3.80. The van der Waals surface area contributed by atoms with Crippen LogP contribution in [0.15, 0.2) is 29.4 Å². The van der Waals surface area contributed by atoms with Crippen LogP contribution in [0.3, 0.4) is 0 Å². The van der Waals surface area contributed by atoms with Gasteiger partial charge >= 0.3 is 0 Å². The summed E-state index contributed by atoms with van der Waals surface area (Å²) in [4.78, 5) is 4.17. The van der Waals surface area contributed by atoms with Gasteiger partial charge in [0.25, 0.3) is 0 Å². The maximum Gasteiger partial charge on any atom is 0.106 e. The lowest BCUT2D eigenvalue weighted by atomic mass is 10.5. The molecule has 59 valence electrons. The lowest BCUT2D eigenvalue weighted by molar-refractivity contribution is 1.14. The van der Waals surface area contributed by atoms with Gasteiger partial charge in [0.05, 0.1) is 0 Å². The highest BCUT2D eigenvalue weighted by Crippen LogP contribution is 2.31. The summed E-state index contributed by atoms with van der Waals surface area (Å²) < 4.78 is 0. The van der Waals surface area contributed by atoms with E-state index in [1.165, 1.54) is 0 Å². The van der Waals surface area contributed by atoms with Crippen LogP contribution < -0.4 is 0 Å². The molecule has 0 aliphatic heterocycles. The van der Waals surface area contributed by atoms with E-state index in [1.54, 1.807) is 27.8 Å². The summed E-state index contributed by atoms with van der Waals surface area (Å²) in [6.07, 6.45) is 1.80. The van der Waals surface area contributed by atoms with Crippen molar-refractivity contribution in [1.29, 1.82) is 0 Å². The van der Waals surface area contributed by atoms with E-state index >= 15 is 0 Å². The third-order valence-corrected chi connectivity index (χ3v) is 3.56. The Bertz CT molecular complexity index is 199. The Labute approximate surface area is 75.4 Å².